The average Bonchev–Trinajstić information content (AvgIpc) is 2.34. The Morgan fingerprint density at radius 2 is 1.12 bits per heavy atom. The van der Waals surface area contributed by atoms with Crippen LogP contribution in [0.3, 0.4) is 0 Å². The molecule has 17 heavy (non-hydrogen) atoms. The molecule has 0 saturated heterocycles. The molecule has 0 heterocycles. The van der Waals surface area contributed by atoms with Crippen LogP contribution in [0.4, 0.5) is 0 Å². The zero-order valence-electron chi connectivity index (χ0n) is 13.0. The van der Waals surface area contributed by atoms with E-state index in [9.17, 15) is 0 Å². The van der Waals surface area contributed by atoms with Crippen molar-refractivity contribution in [1.29, 1.82) is 0 Å². The van der Waals surface area contributed by atoms with Crippen molar-refractivity contribution in [1.82, 2.24) is 10.2 Å². The Hall–Kier alpha value is -0.0800. The molecule has 0 amide bonds. The molecule has 0 spiro atoms. The SMILES string of the molecule is CC.CNCCCCCCCCCCN(C)C. The van der Waals surface area contributed by atoms with Crippen LogP contribution in [0.25, 0.3) is 0 Å². The minimum atomic E-state index is 1.18. The van der Waals surface area contributed by atoms with E-state index in [2.05, 4.69) is 24.3 Å². The van der Waals surface area contributed by atoms with Gasteiger partial charge >= 0.3 is 0 Å². The highest BCUT2D eigenvalue weighted by Gasteiger charge is 1.93. The van der Waals surface area contributed by atoms with E-state index in [4.69, 9.17) is 0 Å². The van der Waals surface area contributed by atoms with Gasteiger partial charge in [-0.25, -0.2) is 0 Å². The second kappa shape index (κ2) is 18.3. The number of rotatable bonds is 11. The molecule has 2 nitrogen and oxygen atoms in total. The first-order valence-electron chi connectivity index (χ1n) is 7.56. The van der Waals surface area contributed by atoms with Crippen LogP contribution < -0.4 is 5.32 Å². The number of nitrogens with one attached hydrogen (secondary N) is 1. The van der Waals surface area contributed by atoms with Crippen LogP contribution in [0.15, 0.2) is 0 Å². The van der Waals surface area contributed by atoms with E-state index in [1.165, 1.54) is 64.5 Å². The zero-order chi connectivity index (χ0) is 13.4. The molecular weight excluding hydrogens is 208 g/mol. The van der Waals surface area contributed by atoms with Crippen LogP contribution in [0.1, 0.15) is 65.2 Å². The number of hydrogen-bond acceptors (Lipinski definition) is 2. The van der Waals surface area contributed by atoms with Crippen molar-refractivity contribution < 1.29 is 0 Å². The summed E-state index contributed by atoms with van der Waals surface area (Å²) in [6.07, 6.45) is 11.3. The highest BCUT2D eigenvalue weighted by molar-refractivity contribution is 4.49. The molecule has 0 aliphatic rings. The Labute approximate surface area is 110 Å². The van der Waals surface area contributed by atoms with Gasteiger partial charge in [0.25, 0.3) is 0 Å². The summed E-state index contributed by atoms with van der Waals surface area (Å²) in [7, 11) is 6.34. The summed E-state index contributed by atoms with van der Waals surface area (Å²) in [4.78, 5) is 2.28. The normalized spacial score (nSPS) is 10.2. The molecule has 106 valence electrons. The molecule has 1 N–H and O–H groups in total. The van der Waals surface area contributed by atoms with E-state index in [0.717, 1.165) is 0 Å². The van der Waals surface area contributed by atoms with Crippen molar-refractivity contribution in [3.63, 3.8) is 0 Å². The van der Waals surface area contributed by atoms with Crippen molar-refractivity contribution in [2.24, 2.45) is 0 Å². The van der Waals surface area contributed by atoms with Crippen molar-refractivity contribution in [2.45, 2.75) is 65.2 Å². The lowest BCUT2D eigenvalue weighted by Gasteiger charge is -2.08. The van der Waals surface area contributed by atoms with Crippen LogP contribution in [-0.2, 0) is 0 Å². The molecule has 0 bridgehead atoms. The molecule has 0 unspecified atom stereocenters. The largest absolute Gasteiger partial charge is 0.320 e. The molecule has 0 rings (SSSR count). The Kier molecular flexibility index (Phi) is 20.7. The smallest absolute Gasteiger partial charge is 0.00248 e. The average molecular weight is 244 g/mol. The van der Waals surface area contributed by atoms with Crippen molar-refractivity contribution in [3.05, 3.63) is 0 Å². The van der Waals surface area contributed by atoms with Crippen LogP contribution in [-0.4, -0.2) is 39.1 Å². The van der Waals surface area contributed by atoms with Gasteiger partial charge in [-0.3, -0.25) is 0 Å². The molecule has 0 saturated carbocycles. The van der Waals surface area contributed by atoms with Gasteiger partial charge < -0.3 is 10.2 Å². The summed E-state index contributed by atoms with van der Waals surface area (Å²) >= 11 is 0. The first-order valence-corrected chi connectivity index (χ1v) is 7.56. The van der Waals surface area contributed by atoms with Crippen LogP contribution in [0, 0.1) is 0 Å². The van der Waals surface area contributed by atoms with Gasteiger partial charge in [0, 0.05) is 0 Å². The van der Waals surface area contributed by atoms with Gasteiger partial charge in [0.2, 0.25) is 0 Å². The molecule has 0 aromatic carbocycles. The molecule has 0 aromatic heterocycles. The molecule has 0 aliphatic heterocycles. The summed E-state index contributed by atoms with van der Waals surface area (Å²) in [5.41, 5.74) is 0. The van der Waals surface area contributed by atoms with E-state index in [0.29, 0.717) is 0 Å². The van der Waals surface area contributed by atoms with Gasteiger partial charge in [0.05, 0.1) is 0 Å². The van der Waals surface area contributed by atoms with Gasteiger partial charge in [-0.15, -0.1) is 0 Å². The third-order valence-electron chi connectivity index (χ3n) is 2.78. The standard InChI is InChI=1S/C13H30N2.C2H6/c1-14-12-10-8-6-4-5-7-9-11-13-15(2)3;1-2/h14H,4-13H2,1-3H3;1-2H3. The Balaban J connectivity index is 0. The molecule has 0 fully saturated rings. The van der Waals surface area contributed by atoms with E-state index in [1.54, 1.807) is 0 Å². The number of nitrogens with zero attached hydrogens (tertiary/aromatic N) is 1. The van der Waals surface area contributed by atoms with Gasteiger partial charge in [0.1, 0.15) is 0 Å². The second-order valence-corrected chi connectivity index (χ2v) is 4.74. The zero-order valence-corrected chi connectivity index (χ0v) is 13.0. The van der Waals surface area contributed by atoms with Gasteiger partial charge in [-0.2, -0.15) is 0 Å². The summed E-state index contributed by atoms with van der Waals surface area (Å²) in [6.45, 7) is 6.44. The van der Waals surface area contributed by atoms with E-state index < -0.39 is 0 Å². The van der Waals surface area contributed by atoms with E-state index in [1.807, 2.05) is 20.9 Å². The first kappa shape index (κ1) is 19.3. The lowest BCUT2D eigenvalue weighted by atomic mass is 10.1. The first-order chi connectivity index (χ1) is 8.27. The monoisotopic (exact) mass is 244 g/mol. The Morgan fingerprint density at radius 3 is 1.53 bits per heavy atom. The van der Waals surface area contributed by atoms with Gasteiger partial charge in [-0.05, 0) is 47.1 Å². The molecule has 0 atom stereocenters. The lowest BCUT2D eigenvalue weighted by molar-refractivity contribution is 0.389. The Bertz CT molecular complexity index is 113. The maximum atomic E-state index is 3.19. The van der Waals surface area contributed by atoms with E-state index >= 15 is 0 Å². The molecule has 2 heteroatoms. The Morgan fingerprint density at radius 1 is 0.706 bits per heavy atom. The fraction of sp³-hybridized carbons (Fsp3) is 1.00. The summed E-state index contributed by atoms with van der Waals surface area (Å²) in [6, 6.07) is 0. The number of unbranched alkanes of at least 4 members (excludes halogenated alkanes) is 7. The highest BCUT2D eigenvalue weighted by Crippen LogP contribution is 2.08. The van der Waals surface area contributed by atoms with Gasteiger partial charge in [-0.1, -0.05) is 52.4 Å². The van der Waals surface area contributed by atoms with Crippen molar-refractivity contribution in [3.8, 4) is 0 Å². The van der Waals surface area contributed by atoms with Crippen LogP contribution >= 0.6 is 0 Å². The quantitative estimate of drug-likeness (QED) is 0.554. The molecular formula is C15H36N2. The van der Waals surface area contributed by atoms with Crippen molar-refractivity contribution >= 4 is 0 Å². The molecule has 0 aliphatic carbocycles. The molecule has 0 aromatic rings. The topological polar surface area (TPSA) is 15.3 Å². The summed E-state index contributed by atoms with van der Waals surface area (Å²) in [5.74, 6) is 0. The second-order valence-electron chi connectivity index (χ2n) is 4.74. The maximum Gasteiger partial charge on any atom is -0.00248 e. The minimum absolute atomic E-state index is 1.18. The predicted octanol–water partition coefficient (Wildman–Crippen LogP) is 3.91. The maximum absolute atomic E-state index is 3.19. The third-order valence-corrected chi connectivity index (χ3v) is 2.78. The highest BCUT2D eigenvalue weighted by atomic mass is 15.0. The third kappa shape index (κ3) is 21.7. The number of hydrogen-bond donors (Lipinski definition) is 1. The fourth-order valence-corrected chi connectivity index (χ4v) is 1.79. The summed E-state index contributed by atoms with van der Waals surface area (Å²) in [5, 5.41) is 3.19. The van der Waals surface area contributed by atoms with E-state index in [-0.39, 0.29) is 0 Å². The molecule has 0 radical (unpaired) electrons. The lowest BCUT2D eigenvalue weighted by Crippen LogP contribution is -2.12. The van der Waals surface area contributed by atoms with Crippen LogP contribution in [0.5, 0.6) is 0 Å². The fourth-order valence-electron chi connectivity index (χ4n) is 1.79. The van der Waals surface area contributed by atoms with Crippen molar-refractivity contribution in [2.75, 3.05) is 34.2 Å². The summed E-state index contributed by atoms with van der Waals surface area (Å²) < 4.78 is 0. The van der Waals surface area contributed by atoms with Crippen LogP contribution in [0.2, 0.25) is 0 Å². The minimum Gasteiger partial charge on any atom is -0.320 e. The predicted molar refractivity (Wildman–Crippen MR) is 80.8 cm³/mol. The van der Waals surface area contributed by atoms with Gasteiger partial charge in [0.15, 0.2) is 0 Å².